The van der Waals surface area contributed by atoms with Crippen molar-refractivity contribution in [3.8, 4) is 0 Å². The molecule has 0 aliphatic rings. The van der Waals surface area contributed by atoms with E-state index in [1.807, 2.05) is 13.8 Å². The van der Waals surface area contributed by atoms with Crippen LogP contribution in [0, 0.1) is 17.6 Å². The lowest BCUT2D eigenvalue weighted by Gasteiger charge is -2.21. The summed E-state index contributed by atoms with van der Waals surface area (Å²) in [6.45, 7) is 8.49. The summed E-state index contributed by atoms with van der Waals surface area (Å²) in [5.74, 6) is -2.87. The van der Waals surface area contributed by atoms with Crippen molar-refractivity contribution in [3.63, 3.8) is 0 Å². The lowest BCUT2D eigenvalue weighted by atomic mass is 10.0. The minimum Gasteiger partial charge on any atom is -0.322 e. The Balaban J connectivity index is 0.00000625. The molecule has 1 aromatic rings. The molecule has 0 aliphatic carbocycles. The Morgan fingerprint density at radius 3 is 2.19 bits per heavy atom. The number of sulfonamides is 1. The van der Waals surface area contributed by atoms with Gasteiger partial charge in [0.15, 0.2) is 0 Å². The second-order valence-corrected chi connectivity index (χ2v) is 8.99. The van der Waals surface area contributed by atoms with Gasteiger partial charge in [-0.25, -0.2) is 21.9 Å². The molecule has 1 aromatic carbocycles. The van der Waals surface area contributed by atoms with Crippen molar-refractivity contribution >= 4 is 34.0 Å². The fourth-order valence-electron chi connectivity index (χ4n) is 2.13. The van der Waals surface area contributed by atoms with Crippen molar-refractivity contribution in [1.82, 2.24) is 4.72 Å². The van der Waals surface area contributed by atoms with E-state index in [0.29, 0.717) is 12.5 Å². The molecule has 4 N–H and O–H groups in total. The van der Waals surface area contributed by atoms with Crippen LogP contribution in [-0.2, 0) is 14.8 Å². The number of hydrogen-bond acceptors (Lipinski definition) is 4. The van der Waals surface area contributed by atoms with Gasteiger partial charge in [-0.2, -0.15) is 0 Å². The van der Waals surface area contributed by atoms with E-state index in [1.165, 1.54) is 0 Å². The molecule has 10 heteroatoms. The summed E-state index contributed by atoms with van der Waals surface area (Å²) in [5, 5.41) is 2.22. The SMILES string of the molecule is CC(C)C[C@H](N)C(=O)Nc1cc(S(=O)(=O)NC(C)(C)C)c(F)cc1F.Cl. The lowest BCUT2D eigenvalue weighted by Crippen LogP contribution is -2.41. The van der Waals surface area contributed by atoms with Crippen molar-refractivity contribution in [2.45, 2.75) is 57.5 Å². The standard InChI is InChI=1S/C16H25F2N3O3S.ClH/c1-9(2)6-12(19)15(22)20-13-8-14(11(18)7-10(13)17)25(23,24)21-16(3,4)5;/h7-9,12,21H,6,19H2,1-5H3,(H,20,22);1H/t12-;/m0./s1. The average molecular weight is 414 g/mol. The van der Waals surface area contributed by atoms with Gasteiger partial charge in [0.1, 0.15) is 16.5 Å². The summed E-state index contributed by atoms with van der Waals surface area (Å²) in [7, 11) is -4.24. The van der Waals surface area contributed by atoms with Crippen molar-refractivity contribution in [2.24, 2.45) is 11.7 Å². The Morgan fingerprint density at radius 1 is 1.19 bits per heavy atom. The average Bonchev–Trinajstić information content (AvgIpc) is 2.37. The van der Waals surface area contributed by atoms with E-state index in [2.05, 4.69) is 10.0 Å². The van der Waals surface area contributed by atoms with Crippen LogP contribution < -0.4 is 15.8 Å². The highest BCUT2D eigenvalue weighted by molar-refractivity contribution is 7.89. The largest absolute Gasteiger partial charge is 0.322 e. The monoisotopic (exact) mass is 413 g/mol. The van der Waals surface area contributed by atoms with Crippen LogP contribution in [0.4, 0.5) is 14.5 Å². The third-order valence-electron chi connectivity index (χ3n) is 3.07. The molecule has 1 amide bonds. The first-order valence-corrected chi connectivity index (χ1v) is 9.30. The minimum atomic E-state index is -4.24. The number of rotatable bonds is 6. The van der Waals surface area contributed by atoms with Crippen LogP contribution in [0.15, 0.2) is 17.0 Å². The van der Waals surface area contributed by atoms with Gasteiger partial charge in [-0.05, 0) is 39.2 Å². The first kappa shape index (κ1) is 24.7. The summed E-state index contributed by atoms with van der Waals surface area (Å²) in [4.78, 5) is 11.3. The first-order chi connectivity index (χ1) is 11.2. The molecule has 1 atom stereocenters. The van der Waals surface area contributed by atoms with Gasteiger partial charge < -0.3 is 11.1 Å². The lowest BCUT2D eigenvalue weighted by molar-refractivity contribution is -0.117. The maximum atomic E-state index is 14.0. The van der Waals surface area contributed by atoms with E-state index in [1.54, 1.807) is 20.8 Å². The Hall–Kier alpha value is -1.29. The maximum Gasteiger partial charge on any atom is 0.244 e. The van der Waals surface area contributed by atoms with Gasteiger partial charge in [0.05, 0.1) is 11.7 Å². The number of hydrogen-bond donors (Lipinski definition) is 3. The van der Waals surface area contributed by atoms with E-state index in [0.717, 1.165) is 6.07 Å². The molecule has 0 saturated heterocycles. The van der Waals surface area contributed by atoms with Gasteiger partial charge >= 0.3 is 0 Å². The second kappa shape index (κ2) is 9.07. The fourth-order valence-corrected chi connectivity index (χ4v) is 3.63. The summed E-state index contributed by atoms with van der Waals surface area (Å²) >= 11 is 0. The Morgan fingerprint density at radius 2 is 1.73 bits per heavy atom. The molecule has 0 spiro atoms. The molecule has 0 saturated carbocycles. The van der Waals surface area contributed by atoms with Crippen LogP contribution in [-0.4, -0.2) is 25.9 Å². The van der Waals surface area contributed by atoms with Crippen LogP contribution in [0.5, 0.6) is 0 Å². The van der Waals surface area contributed by atoms with E-state index >= 15 is 0 Å². The third kappa shape index (κ3) is 7.14. The molecule has 26 heavy (non-hydrogen) atoms. The molecule has 0 aromatic heterocycles. The summed E-state index contributed by atoms with van der Waals surface area (Å²) in [6.07, 6.45) is 0.366. The Kier molecular flexibility index (Phi) is 8.62. The van der Waals surface area contributed by atoms with Gasteiger partial charge in [-0.15, -0.1) is 12.4 Å². The molecule has 0 radical (unpaired) electrons. The number of nitrogens with two attached hydrogens (primary N) is 1. The first-order valence-electron chi connectivity index (χ1n) is 7.82. The quantitative estimate of drug-likeness (QED) is 0.667. The number of anilines is 1. The van der Waals surface area contributed by atoms with E-state index in [9.17, 15) is 22.0 Å². The van der Waals surface area contributed by atoms with Crippen LogP contribution in [0.25, 0.3) is 0 Å². The van der Waals surface area contributed by atoms with Crippen molar-refractivity contribution in [3.05, 3.63) is 23.8 Å². The predicted octanol–water partition coefficient (Wildman–Crippen LogP) is 2.78. The molecule has 0 fully saturated rings. The molecule has 0 bridgehead atoms. The molecule has 150 valence electrons. The number of amides is 1. The van der Waals surface area contributed by atoms with Crippen molar-refractivity contribution in [2.75, 3.05) is 5.32 Å². The van der Waals surface area contributed by atoms with E-state index < -0.39 is 49.7 Å². The molecular weight excluding hydrogens is 388 g/mol. The van der Waals surface area contributed by atoms with Gasteiger partial charge in [-0.1, -0.05) is 13.8 Å². The Labute approximate surface area is 159 Å². The number of carbonyl (C=O) groups is 1. The molecular formula is C16H26ClF2N3O3S. The zero-order valence-electron chi connectivity index (χ0n) is 15.4. The predicted molar refractivity (Wildman–Crippen MR) is 99.7 cm³/mol. The maximum absolute atomic E-state index is 14.0. The molecule has 0 aliphatic heterocycles. The number of nitrogens with one attached hydrogen (secondary N) is 2. The van der Waals surface area contributed by atoms with E-state index in [-0.39, 0.29) is 18.3 Å². The third-order valence-corrected chi connectivity index (χ3v) is 4.84. The summed E-state index contributed by atoms with van der Waals surface area (Å²) in [5.41, 5.74) is 4.41. The fraction of sp³-hybridized carbons (Fsp3) is 0.562. The molecule has 0 heterocycles. The number of benzene rings is 1. The van der Waals surface area contributed by atoms with E-state index in [4.69, 9.17) is 5.73 Å². The van der Waals surface area contributed by atoms with Crippen LogP contribution in [0.3, 0.4) is 0 Å². The molecule has 1 rings (SSSR count). The summed E-state index contributed by atoms with van der Waals surface area (Å²) in [6, 6.07) is 0.275. The van der Waals surface area contributed by atoms with Gasteiger partial charge in [0, 0.05) is 11.6 Å². The highest BCUT2D eigenvalue weighted by Crippen LogP contribution is 2.24. The zero-order chi connectivity index (χ0) is 19.6. The second-order valence-electron chi connectivity index (χ2n) is 7.34. The van der Waals surface area contributed by atoms with Crippen molar-refractivity contribution < 1.29 is 22.0 Å². The number of carbonyl (C=O) groups excluding carboxylic acids is 1. The van der Waals surface area contributed by atoms with Gasteiger partial charge in [-0.3, -0.25) is 4.79 Å². The van der Waals surface area contributed by atoms with Gasteiger partial charge in [0.2, 0.25) is 15.9 Å². The number of halogens is 3. The summed E-state index contributed by atoms with van der Waals surface area (Å²) < 4.78 is 54.8. The van der Waals surface area contributed by atoms with Crippen LogP contribution in [0.1, 0.15) is 41.0 Å². The Bertz CT molecular complexity index is 750. The minimum absolute atomic E-state index is 0. The normalized spacial score (nSPS) is 13.3. The van der Waals surface area contributed by atoms with Crippen LogP contribution >= 0.6 is 12.4 Å². The highest BCUT2D eigenvalue weighted by Gasteiger charge is 2.27. The molecule has 0 unspecified atom stereocenters. The smallest absolute Gasteiger partial charge is 0.244 e. The zero-order valence-corrected chi connectivity index (χ0v) is 17.0. The topological polar surface area (TPSA) is 101 Å². The highest BCUT2D eigenvalue weighted by atomic mass is 35.5. The molecule has 6 nitrogen and oxygen atoms in total. The van der Waals surface area contributed by atoms with Gasteiger partial charge in [0.25, 0.3) is 0 Å². The van der Waals surface area contributed by atoms with Crippen LogP contribution in [0.2, 0.25) is 0 Å². The van der Waals surface area contributed by atoms with Crippen molar-refractivity contribution in [1.29, 1.82) is 0 Å².